The summed E-state index contributed by atoms with van der Waals surface area (Å²) in [4.78, 5) is 30.6. The predicted octanol–water partition coefficient (Wildman–Crippen LogP) is 6.69. The summed E-state index contributed by atoms with van der Waals surface area (Å²) < 4.78 is 0. The standard InChI is InChI=1S/C25H29N3O2S2/c1-5-21(23(30)28-24-27-20(16-31-24)17-10-7-6-8-11-17)32-19-13-9-12-18(14-19)26-22(29)15-25(2,3)4/h6-14,16,21H,5,15H2,1-4H3,(H,26,29)(H,27,28,30). The van der Waals surface area contributed by atoms with E-state index in [0.717, 1.165) is 21.8 Å². The van der Waals surface area contributed by atoms with Crippen LogP contribution in [-0.4, -0.2) is 22.0 Å². The zero-order valence-electron chi connectivity index (χ0n) is 18.8. The molecule has 2 N–H and O–H groups in total. The SMILES string of the molecule is CCC(Sc1cccc(NC(=O)CC(C)(C)C)c1)C(=O)Nc1nc(-c2ccccc2)cs1. The molecule has 0 spiro atoms. The van der Waals surface area contributed by atoms with Gasteiger partial charge in [0.2, 0.25) is 11.8 Å². The number of thiazole rings is 1. The quantitative estimate of drug-likeness (QED) is 0.362. The minimum absolute atomic E-state index is 0.0116. The van der Waals surface area contributed by atoms with E-state index in [4.69, 9.17) is 0 Å². The van der Waals surface area contributed by atoms with Crippen LogP contribution in [0.5, 0.6) is 0 Å². The van der Waals surface area contributed by atoms with E-state index in [9.17, 15) is 9.59 Å². The first-order valence-electron chi connectivity index (χ1n) is 10.6. The van der Waals surface area contributed by atoms with E-state index in [1.807, 2.05) is 87.7 Å². The van der Waals surface area contributed by atoms with E-state index in [0.29, 0.717) is 18.0 Å². The molecule has 0 saturated heterocycles. The van der Waals surface area contributed by atoms with Gasteiger partial charge in [-0.15, -0.1) is 23.1 Å². The molecule has 1 atom stereocenters. The number of carbonyl (C=O) groups excluding carboxylic acids is 2. The highest BCUT2D eigenvalue weighted by molar-refractivity contribution is 8.00. The van der Waals surface area contributed by atoms with Crippen molar-refractivity contribution in [3.63, 3.8) is 0 Å². The number of amides is 2. The van der Waals surface area contributed by atoms with Crippen molar-refractivity contribution in [2.75, 3.05) is 10.6 Å². The van der Waals surface area contributed by atoms with Crippen molar-refractivity contribution in [2.24, 2.45) is 5.41 Å². The van der Waals surface area contributed by atoms with E-state index in [-0.39, 0.29) is 22.5 Å². The monoisotopic (exact) mass is 467 g/mol. The van der Waals surface area contributed by atoms with Gasteiger partial charge in [-0.05, 0) is 30.0 Å². The van der Waals surface area contributed by atoms with Crippen LogP contribution in [-0.2, 0) is 9.59 Å². The summed E-state index contributed by atoms with van der Waals surface area (Å²) in [6, 6.07) is 17.5. The van der Waals surface area contributed by atoms with Gasteiger partial charge in [-0.1, -0.05) is 64.1 Å². The number of anilines is 2. The number of hydrogen-bond donors (Lipinski definition) is 2. The molecule has 2 aromatic carbocycles. The van der Waals surface area contributed by atoms with Gasteiger partial charge >= 0.3 is 0 Å². The first-order valence-corrected chi connectivity index (χ1v) is 12.4. The van der Waals surface area contributed by atoms with Gasteiger partial charge in [-0.3, -0.25) is 9.59 Å². The van der Waals surface area contributed by atoms with Crippen molar-refractivity contribution in [1.82, 2.24) is 4.98 Å². The fourth-order valence-electron chi connectivity index (χ4n) is 3.08. The molecule has 2 amide bonds. The summed E-state index contributed by atoms with van der Waals surface area (Å²) in [5.41, 5.74) is 2.55. The normalized spacial score (nSPS) is 12.2. The minimum atomic E-state index is -0.264. The Balaban J connectivity index is 1.62. The summed E-state index contributed by atoms with van der Waals surface area (Å²) >= 11 is 2.91. The second-order valence-corrected chi connectivity index (χ2v) is 10.9. The Morgan fingerprint density at radius 3 is 2.50 bits per heavy atom. The summed E-state index contributed by atoms with van der Waals surface area (Å²) in [6.07, 6.45) is 1.12. The smallest absolute Gasteiger partial charge is 0.239 e. The summed E-state index contributed by atoms with van der Waals surface area (Å²) in [5, 5.41) is 8.19. The lowest BCUT2D eigenvalue weighted by molar-refractivity contribution is -0.118. The van der Waals surface area contributed by atoms with Gasteiger partial charge in [0, 0.05) is 27.9 Å². The highest BCUT2D eigenvalue weighted by Gasteiger charge is 2.20. The summed E-state index contributed by atoms with van der Waals surface area (Å²) in [7, 11) is 0. The van der Waals surface area contributed by atoms with Crippen molar-refractivity contribution in [3.05, 3.63) is 60.0 Å². The van der Waals surface area contributed by atoms with Gasteiger partial charge in [0.1, 0.15) is 0 Å². The lowest BCUT2D eigenvalue weighted by Gasteiger charge is -2.18. The molecule has 32 heavy (non-hydrogen) atoms. The first-order chi connectivity index (χ1) is 15.2. The molecule has 168 valence electrons. The van der Waals surface area contributed by atoms with Crippen LogP contribution in [0.4, 0.5) is 10.8 Å². The molecule has 1 heterocycles. The molecule has 5 nitrogen and oxygen atoms in total. The third-order valence-electron chi connectivity index (χ3n) is 4.55. The highest BCUT2D eigenvalue weighted by atomic mass is 32.2. The average Bonchev–Trinajstić information content (AvgIpc) is 3.20. The van der Waals surface area contributed by atoms with Gasteiger partial charge in [-0.2, -0.15) is 0 Å². The molecular formula is C25H29N3O2S2. The zero-order valence-corrected chi connectivity index (χ0v) is 20.5. The molecule has 7 heteroatoms. The Morgan fingerprint density at radius 2 is 1.81 bits per heavy atom. The third-order valence-corrected chi connectivity index (χ3v) is 6.67. The number of benzene rings is 2. The van der Waals surface area contributed by atoms with Crippen molar-refractivity contribution in [1.29, 1.82) is 0 Å². The number of nitrogens with one attached hydrogen (secondary N) is 2. The van der Waals surface area contributed by atoms with Crippen LogP contribution in [0, 0.1) is 5.41 Å². The molecule has 3 rings (SSSR count). The molecule has 0 aliphatic rings. The maximum Gasteiger partial charge on any atom is 0.239 e. The molecule has 0 fully saturated rings. The van der Waals surface area contributed by atoms with Crippen LogP contribution in [0.2, 0.25) is 0 Å². The van der Waals surface area contributed by atoms with Crippen LogP contribution in [0.15, 0.2) is 64.9 Å². The van der Waals surface area contributed by atoms with Gasteiger partial charge in [-0.25, -0.2) is 4.98 Å². The molecule has 1 unspecified atom stereocenters. The Hall–Kier alpha value is -2.64. The molecule has 0 aliphatic carbocycles. The van der Waals surface area contributed by atoms with Gasteiger partial charge in [0.15, 0.2) is 5.13 Å². The van der Waals surface area contributed by atoms with E-state index in [1.165, 1.54) is 23.1 Å². The van der Waals surface area contributed by atoms with E-state index in [2.05, 4.69) is 15.6 Å². The van der Waals surface area contributed by atoms with E-state index >= 15 is 0 Å². The maximum atomic E-state index is 12.9. The number of thioether (sulfide) groups is 1. The fourth-order valence-corrected chi connectivity index (χ4v) is 4.81. The third kappa shape index (κ3) is 7.21. The van der Waals surface area contributed by atoms with Gasteiger partial charge in [0.25, 0.3) is 0 Å². The molecule has 3 aromatic rings. The average molecular weight is 468 g/mol. The molecule has 0 saturated carbocycles. The van der Waals surface area contributed by atoms with Gasteiger partial charge < -0.3 is 10.6 Å². The van der Waals surface area contributed by atoms with Crippen LogP contribution in [0.3, 0.4) is 0 Å². The Morgan fingerprint density at radius 1 is 1.06 bits per heavy atom. The van der Waals surface area contributed by atoms with Crippen molar-refractivity contribution in [2.45, 2.75) is 50.7 Å². The lowest BCUT2D eigenvalue weighted by Crippen LogP contribution is -2.24. The molecule has 0 radical (unpaired) electrons. The lowest BCUT2D eigenvalue weighted by atomic mass is 9.92. The first kappa shape index (κ1) is 24.0. The van der Waals surface area contributed by atoms with E-state index in [1.54, 1.807) is 0 Å². The Labute approximate surface area is 198 Å². The Bertz CT molecular complexity index is 1060. The molecule has 1 aromatic heterocycles. The van der Waals surface area contributed by atoms with Crippen molar-refractivity contribution < 1.29 is 9.59 Å². The minimum Gasteiger partial charge on any atom is -0.326 e. The van der Waals surface area contributed by atoms with E-state index < -0.39 is 0 Å². The fraction of sp³-hybridized carbons (Fsp3) is 0.320. The number of hydrogen-bond acceptors (Lipinski definition) is 5. The number of carbonyl (C=O) groups is 2. The predicted molar refractivity (Wildman–Crippen MR) is 135 cm³/mol. The number of rotatable bonds is 8. The summed E-state index contributed by atoms with van der Waals surface area (Å²) in [5.74, 6) is -0.0870. The van der Waals surface area contributed by atoms with Crippen molar-refractivity contribution >= 4 is 45.7 Å². The van der Waals surface area contributed by atoms with Crippen LogP contribution in [0.1, 0.15) is 40.5 Å². The zero-order chi connectivity index (χ0) is 23.1. The van der Waals surface area contributed by atoms with Crippen molar-refractivity contribution in [3.8, 4) is 11.3 Å². The second-order valence-electron chi connectivity index (χ2n) is 8.72. The number of aromatic nitrogens is 1. The maximum absolute atomic E-state index is 12.9. The topological polar surface area (TPSA) is 71.1 Å². The summed E-state index contributed by atoms with van der Waals surface area (Å²) in [6.45, 7) is 8.10. The van der Waals surface area contributed by atoms with Crippen LogP contribution in [0.25, 0.3) is 11.3 Å². The Kier molecular flexibility index (Phi) is 8.10. The van der Waals surface area contributed by atoms with Crippen LogP contribution >= 0.6 is 23.1 Å². The highest BCUT2D eigenvalue weighted by Crippen LogP contribution is 2.30. The van der Waals surface area contributed by atoms with Gasteiger partial charge in [0.05, 0.1) is 10.9 Å². The molecule has 0 aliphatic heterocycles. The van der Waals surface area contributed by atoms with Crippen LogP contribution < -0.4 is 10.6 Å². The number of nitrogens with zero attached hydrogens (tertiary/aromatic N) is 1. The largest absolute Gasteiger partial charge is 0.326 e. The second kappa shape index (κ2) is 10.8. The molecular weight excluding hydrogens is 438 g/mol. The molecule has 0 bridgehead atoms.